The first-order chi connectivity index (χ1) is 13.9. The molecule has 1 saturated heterocycles. The van der Waals surface area contributed by atoms with Crippen molar-refractivity contribution in [2.24, 2.45) is 0 Å². The monoisotopic (exact) mass is 406 g/mol. The number of aromatic nitrogens is 3. The predicted molar refractivity (Wildman–Crippen MR) is 99.1 cm³/mol. The van der Waals surface area contributed by atoms with Crippen molar-refractivity contribution < 1.29 is 22.3 Å². The molecule has 0 spiro atoms. The van der Waals surface area contributed by atoms with E-state index in [1.807, 2.05) is 18.3 Å². The van der Waals surface area contributed by atoms with Crippen molar-refractivity contribution in [3.05, 3.63) is 60.6 Å². The molecule has 1 fully saturated rings. The molecule has 29 heavy (non-hydrogen) atoms. The molecule has 1 aliphatic rings. The Labute approximate surface area is 164 Å². The molecule has 0 saturated carbocycles. The van der Waals surface area contributed by atoms with Crippen molar-refractivity contribution in [2.45, 2.75) is 25.1 Å². The average molecular weight is 406 g/mol. The molecule has 4 rings (SSSR count). The van der Waals surface area contributed by atoms with E-state index in [0.29, 0.717) is 17.2 Å². The van der Waals surface area contributed by atoms with Crippen molar-refractivity contribution >= 4 is 5.69 Å². The number of H-pyrrole nitrogens is 1. The van der Waals surface area contributed by atoms with Gasteiger partial charge in [0.05, 0.1) is 17.7 Å². The second-order valence-corrected chi connectivity index (χ2v) is 6.85. The van der Waals surface area contributed by atoms with Crippen LogP contribution in [0.3, 0.4) is 0 Å². The fourth-order valence-corrected chi connectivity index (χ4v) is 3.57. The number of halogens is 4. The van der Waals surface area contributed by atoms with Crippen LogP contribution in [0.5, 0.6) is 5.75 Å². The Morgan fingerprint density at radius 2 is 1.86 bits per heavy atom. The van der Waals surface area contributed by atoms with Gasteiger partial charge in [-0.15, -0.1) is 13.2 Å². The summed E-state index contributed by atoms with van der Waals surface area (Å²) in [5.41, 5.74) is 2.86. The van der Waals surface area contributed by atoms with Gasteiger partial charge in [0, 0.05) is 42.7 Å². The first-order valence-corrected chi connectivity index (χ1v) is 9.14. The maximum atomic E-state index is 14.0. The lowest BCUT2D eigenvalue weighted by Gasteiger charge is -2.33. The number of aromatic amines is 1. The number of rotatable bonds is 4. The number of nitrogens with zero attached hydrogens (tertiary/aromatic N) is 3. The molecule has 152 valence electrons. The Morgan fingerprint density at radius 3 is 2.52 bits per heavy atom. The molecule has 0 bridgehead atoms. The number of pyridine rings is 1. The van der Waals surface area contributed by atoms with E-state index in [2.05, 4.69) is 24.6 Å². The summed E-state index contributed by atoms with van der Waals surface area (Å²) < 4.78 is 54.6. The molecule has 2 aromatic heterocycles. The smallest absolute Gasteiger partial charge is 0.403 e. The Hall–Kier alpha value is -3.10. The standard InChI is InChI=1S/C20H18F4N4O/c21-16-9-14(1-2-19(16)29-20(22,23)24)17-10-15(3-6-26-17)28-7-4-13(5-8-28)18-11-25-12-27-18/h1-3,6,9-13H,4-5,7-8H2,(H,25,27). The molecule has 0 atom stereocenters. The summed E-state index contributed by atoms with van der Waals surface area (Å²) in [6, 6.07) is 7.00. The molecular formula is C20H18F4N4O. The predicted octanol–water partition coefficient (Wildman–Crippen LogP) is 4.89. The number of benzene rings is 1. The number of imidazole rings is 1. The summed E-state index contributed by atoms with van der Waals surface area (Å²) in [6.45, 7) is 1.68. The Kier molecular flexibility index (Phi) is 5.12. The Bertz CT molecular complexity index is 967. The van der Waals surface area contributed by atoms with Crippen LogP contribution in [0.1, 0.15) is 24.5 Å². The minimum atomic E-state index is -4.94. The summed E-state index contributed by atoms with van der Waals surface area (Å²) in [5, 5.41) is 0. The van der Waals surface area contributed by atoms with Gasteiger partial charge in [-0.3, -0.25) is 4.98 Å². The van der Waals surface area contributed by atoms with Gasteiger partial charge in [-0.05, 0) is 43.2 Å². The van der Waals surface area contributed by atoms with Gasteiger partial charge in [0.2, 0.25) is 0 Å². The average Bonchev–Trinajstić information content (AvgIpc) is 3.24. The highest BCUT2D eigenvalue weighted by Gasteiger charge is 2.32. The van der Waals surface area contributed by atoms with E-state index in [1.165, 1.54) is 6.07 Å². The summed E-state index contributed by atoms with van der Waals surface area (Å²) >= 11 is 0. The first kappa shape index (κ1) is 19.2. The minimum Gasteiger partial charge on any atom is -0.403 e. The van der Waals surface area contributed by atoms with Crippen molar-refractivity contribution in [3.63, 3.8) is 0 Å². The maximum Gasteiger partial charge on any atom is 0.573 e. The van der Waals surface area contributed by atoms with Crippen LogP contribution < -0.4 is 9.64 Å². The van der Waals surface area contributed by atoms with Gasteiger partial charge in [0.25, 0.3) is 0 Å². The van der Waals surface area contributed by atoms with Gasteiger partial charge in [-0.25, -0.2) is 9.37 Å². The number of ether oxygens (including phenoxy) is 1. The van der Waals surface area contributed by atoms with E-state index >= 15 is 0 Å². The van der Waals surface area contributed by atoms with Gasteiger partial charge >= 0.3 is 6.36 Å². The third-order valence-corrected chi connectivity index (χ3v) is 4.99. The van der Waals surface area contributed by atoms with Gasteiger partial charge in [-0.1, -0.05) is 0 Å². The molecule has 3 aromatic rings. The van der Waals surface area contributed by atoms with Crippen LogP contribution in [0, 0.1) is 5.82 Å². The van der Waals surface area contributed by atoms with E-state index in [1.54, 1.807) is 12.5 Å². The van der Waals surface area contributed by atoms with Crippen molar-refractivity contribution in [1.82, 2.24) is 15.0 Å². The van der Waals surface area contributed by atoms with Gasteiger partial charge in [0.15, 0.2) is 11.6 Å². The second-order valence-electron chi connectivity index (χ2n) is 6.85. The maximum absolute atomic E-state index is 14.0. The van der Waals surface area contributed by atoms with Crippen LogP contribution in [-0.2, 0) is 0 Å². The molecular weight excluding hydrogens is 388 g/mol. The molecule has 0 aliphatic carbocycles. The van der Waals surface area contributed by atoms with E-state index in [-0.39, 0.29) is 0 Å². The number of anilines is 1. The Morgan fingerprint density at radius 1 is 1.07 bits per heavy atom. The first-order valence-electron chi connectivity index (χ1n) is 9.14. The molecule has 3 heterocycles. The molecule has 9 heteroatoms. The third kappa shape index (κ3) is 4.49. The highest BCUT2D eigenvalue weighted by molar-refractivity contribution is 5.65. The topological polar surface area (TPSA) is 54.0 Å². The van der Waals surface area contributed by atoms with Crippen molar-refractivity contribution in [3.8, 4) is 17.0 Å². The normalized spacial score (nSPS) is 15.5. The summed E-state index contributed by atoms with van der Waals surface area (Å²) in [6.07, 6.45) is 2.19. The highest BCUT2D eigenvalue weighted by atomic mass is 19.4. The summed E-state index contributed by atoms with van der Waals surface area (Å²) in [4.78, 5) is 13.8. The van der Waals surface area contributed by atoms with E-state index in [9.17, 15) is 17.6 Å². The van der Waals surface area contributed by atoms with Gasteiger partial charge in [-0.2, -0.15) is 0 Å². The molecule has 1 aromatic carbocycles. The zero-order chi connectivity index (χ0) is 20.4. The zero-order valence-electron chi connectivity index (χ0n) is 15.3. The fraction of sp³-hybridized carbons (Fsp3) is 0.300. The van der Waals surface area contributed by atoms with Gasteiger partial charge in [0.1, 0.15) is 0 Å². The Balaban J connectivity index is 1.49. The molecule has 1 aliphatic heterocycles. The lowest BCUT2D eigenvalue weighted by Crippen LogP contribution is -2.33. The third-order valence-electron chi connectivity index (χ3n) is 4.99. The number of alkyl halides is 3. The quantitative estimate of drug-likeness (QED) is 0.627. The lowest BCUT2D eigenvalue weighted by molar-refractivity contribution is -0.275. The second kappa shape index (κ2) is 7.73. The van der Waals surface area contributed by atoms with E-state index in [0.717, 1.165) is 49.4 Å². The number of hydrogen-bond acceptors (Lipinski definition) is 4. The van der Waals surface area contributed by atoms with Crippen molar-refractivity contribution in [2.75, 3.05) is 18.0 Å². The SMILES string of the molecule is Fc1cc(-c2cc(N3CCC(c4c[nH]cn4)CC3)ccn2)ccc1OC(F)(F)F. The van der Waals surface area contributed by atoms with Crippen molar-refractivity contribution in [1.29, 1.82) is 0 Å². The summed E-state index contributed by atoms with van der Waals surface area (Å²) in [5.74, 6) is -1.54. The number of hydrogen-bond donors (Lipinski definition) is 1. The van der Waals surface area contributed by atoms with Crippen LogP contribution in [-0.4, -0.2) is 34.4 Å². The van der Waals surface area contributed by atoms with Crippen LogP contribution in [0.25, 0.3) is 11.3 Å². The lowest BCUT2D eigenvalue weighted by atomic mass is 9.94. The molecule has 0 amide bonds. The molecule has 5 nitrogen and oxygen atoms in total. The number of nitrogens with one attached hydrogen (secondary N) is 1. The van der Waals surface area contributed by atoms with E-state index < -0.39 is 17.9 Å². The van der Waals surface area contributed by atoms with Crippen LogP contribution in [0.15, 0.2) is 49.1 Å². The minimum absolute atomic E-state index is 0.380. The largest absolute Gasteiger partial charge is 0.573 e. The summed E-state index contributed by atoms with van der Waals surface area (Å²) in [7, 11) is 0. The highest BCUT2D eigenvalue weighted by Crippen LogP contribution is 2.32. The molecule has 0 unspecified atom stereocenters. The number of piperidine rings is 1. The van der Waals surface area contributed by atoms with E-state index in [4.69, 9.17) is 0 Å². The van der Waals surface area contributed by atoms with Crippen LogP contribution >= 0.6 is 0 Å². The van der Waals surface area contributed by atoms with Gasteiger partial charge < -0.3 is 14.6 Å². The zero-order valence-corrected chi connectivity index (χ0v) is 15.3. The molecule has 1 N–H and O–H groups in total. The molecule has 0 radical (unpaired) electrons. The fourth-order valence-electron chi connectivity index (χ4n) is 3.57. The van der Waals surface area contributed by atoms with Crippen LogP contribution in [0.4, 0.5) is 23.2 Å². The van der Waals surface area contributed by atoms with Crippen LogP contribution in [0.2, 0.25) is 0 Å².